The van der Waals surface area contributed by atoms with Crippen molar-refractivity contribution in [1.82, 2.24) is 0 Å². The summed E-state index contributed by atoms with van der Waals surface area (Å²) in [5.41, 5.74) is 2.32. The second kappa shape index (κ2) is 5.74. The van der Waals surface area contributed by atoms with Crippen molar-refractivity contribution in [3.63, 3.8) is 0 Å². The van der Waals surface area contributed by atoms with Crippen LogP contribution in [0, 0.1) is 0 Å². The monoisotopic (exact) mass is 282 g/mol. The minimum Gasteiger partial charge on any atom is -0.481 e. The van der Waals surface area contributed by atoms with Gasteiger partial charge in [-0.15, -0.1) is 11.8 Å². The highest BCUT2D eigenvalue weighted by molar-refractivity contribution is 8.00. The van der Waals surface area contributed by atoms with Gasteiger partial charge in [-0.3, -0.25) is 4.79 Å². The number of carboxylic acid groups (broad SMARTS) is 1. The van der Waals surface area contributed by atoms with Crippen LogP contribution in [-0.4, -0.2) is 23.6 Å². The molecular weight excluding hydrogens is 264 g/mol. The molecule has 0 amide bonds. The van der Waals surface area contributed by atoms with Crippen molar-refractivity contribution in [2.45, 2.75) is 31.9 Å². The van der Waals surface area contributed by atoms with Crippen LogP contribution < -0.4 is 9.47 Å². The Bertz CT molecular complexity index is 485. The molecule has 0 saturated carbocycles. The summed E-state index contributed by atoms with van der Waals surface area (Å²) in [6, 6.07) is 4.00. The molecule has 0 radical (unpaired) electrons. The minimum absolute atomic E-state index is 0.104. The van der Waals surface area contributed by atoms with Crippen molar-refractivity contribution >= 4 is 17.7 Å². The van der Waals surface area contributed by atoms with Gasteiger partial charge in [0.1, 0.15) is 0 Å². The molecule has 0 aliphatic carbocycles. The first kappa shape index (κ1) is 14.1. The first-order valence-electron chi connectivity index (χ1n) is 6.26. The van der Waals surface area contributed by atoms with Gasteiger partial charge in [0.25, 0.3) is 0 Å². The summed E-state index contributed by atoms with van der Waals surface area (Å²) >= 11 is 1.42. The Morgan fingerprint density at radius 2 is 1.84 bits per heavy atom. The first-order valence-corrected chi connectivity index (χ1v) is 7.30. The highest BCUT2D eigenvalue weighted by atomic mass is 32.2. The number of fused-ring (bicyclic) bond motifs is 1. The van der Waals surface area contributed by atoms with Crippen LogP contribution in [0.1, 0.15) is 43.1 Å². The molecule has 1 aliphatic heterocycles. The van der Waals surface area contributed by atoms with Gasteiger partial charge in [0.2, 0.25) is 6.79 Å². The quantitative estimate of drug-likeness (QED) is 0.896. The Morgan fingerprint density at radius 1 is 1.26 bits per heavy atom. The normalized spacial score (nSPS) is 14.7. The standard InChI is InChI=1S/C14H18O4S/c1-8(2)10-4-12-13(18-7-17-12)5-11(10)9(3)19-6-14(15)16/h4-5,8-9H,6-7H2,1-3H3,(H,15,16). The van der Waals surface area contributed by atoms with Crippen LogP contribution in [-0.2, 0) is 4.79 Å². The van der Waals surface area contributed by atoms with E-state index in [0.29, 0.717) is 5.92 Å². The van der Waals surface area contributed by atoms with Gasteiger partial charge < -0.3 is 14.6 Å². The first-order chi connectivity index (χ1) is 8.99. The predicted octanol–water partition coefficient (Wildman–Crippen LogP) is 3.42. The van der Waals surface area contributed by atoms with E-state index in [0.717, 1.165) is 17.1 Å². The van der Waals surface area contributed by atoms with Crippen molar-refractivity contribution in [3.05, 3.63) is 23.3 Å². The molecule has 1 aromatic carbocycles. The van der Waals surface area contributed by atoms with E-state index in [-0.39, 0.29) is 17.8 Å². The number of aliphatic carboxylic acids is 1. The van der Waals surface area contributed by atoms with E-state index in [1.54, 1.807) is 0 Å². The van der Waals surface area contributed by atoms with Crippen LogP contribution in [0.3, 0.4) is 0 Å². The average molecular weight is 282 g/mol. The molecule has 0 spiro atoms. The molecule has 1 N–H and O–H groups in total. The number of carboxylic acids is 1. The van der Waals surface area contributed by atoms with E-state index in [4.69, 9.17) is 14.6 Å². The van der Waals surface area contributed by atoms with Gasteiger partial charge in [0.15, 0.2) is 11.5 Å². The maximum Gasteiger partial charge on any atom is 0.313 e. The van der Waals surface area contributed by atoms with Crippen LogP contribution in [0.15, 0.2) is 12.1 Å². The summed E-state index contributed by atoms with van der Waals surface area (Å²) in [5, 5.41) is 8.89. The lowest BCUT2D eigenvalue weighted by Crippen LogP contribution is -2.03. The van der Waals surface area contributed by atoms with Crippen LogP contribution >= 0.6 is 11.8 Å². The second-order valence-corrected chi connectivity index (χ2v) is 6.17. The summed E-state index contributed by atoms with van der Waals surface area (Å²) in [5.74, 6) is 1.21. The number of carbonyl (C=O) groups is 1. The van der Waals surface area contributed by atoms with Crippen molar-refractivity contribution in [1.29, 1.82) is 0 Å². The number of thioether (sulfide) groups is 1. The number of hydrogen-bond donors (Lipinski definition) is 1. The molecule has 1 aliphatic rings. The summed E-state index contributed by atoms with van der Waals surface area (Å²) in [6.45, 7) is 6.52. The Kier molecular flexibility index (Phi) is 4.24. The zero-order valence-electron chi connectivity index (χ0n) is 11.3. The Morgan fingerprint density at radius 3 is 2.37 bits per heavy atom. The number of benzene rings is 1. The number of hydrogen-bond acceptors (Lipinski definition) is 4. The van der Waals surface area contributed by atoms with E-state index in [9.17, 15) is 4.79 Å². The summed E-state index contributed by atoms with van der Waals surface area (Å²) < 4.78 is 10.8. The fourth-order valence-electron chi connectivity index (χ4n) is 2.11. The lowest BCUT2D eigenvalue weighted by atomic mass is 9.95. The molecule has 104 valence electrons. The third-order valence-corrected chi connectivity index (χ3v) is 4.26. The molecule has 0 aromatic heterocycles. The fraction of sp³-hybridized carbons (Fsp3) is 0.500. The van der Waals surface area contributed by atoms with Crippen LogP contribution in [0.5, 0.6) is 11.5 Å². The minimum atomic E-state index is -0.788. The molecule has 2 rings (SSSR count). The van der Waals surface area contributed by atoms with E-state index in [1.165, 1.54) is 17.3 Å². The van der Waals surface area contributed by atoms with E-state index < -0.39 is 5.97 Å². The summed E-state index contributed by atoms with van der Waals surface area (Å²) in [6.07, 6.45) is 0. The maximum atomic E-state index is 10.7. The maximum absolute atomic E-state index is 10.7. The van der Waals surface area contributed by atoms with Gasteiger partial charge in [-0.2, -0.15) is 0 Å². The van der Waals surface area contributed by atoms with E-state index >= 15 is 0 Å². The Hall–Kier alpha value is -1.36. The van der Waals surface area contributed by atoms with Crippen molar-refractivity contribution < 1.29 is 19.4 Å². The lowest BCUT2D eigenvalue weighted by molar-refractivity contribution is -0.133. The third-order valence-electron chi connectivity index (χ3n) is 3.10. The van der Waals surface area contributed by atoms with Crippen molar-refractivity contribution in [2.75, 3.05) is 12.5 Å². The van der Waals surface area contributed by atoms with Gasteiger partial charge >= 0.3 is 5.97 Å². The molecule has 0 bridgehead atoms. The molecule has 1 aromatic rings. The smallest absolute Gasteiger partial charge is 0.313 e. The largest absolute Gasteiger partial charge is 0.481 e. The van der Waals surface area contributed by atoms with Gasteiger partial charge in [-0.05, 0) is 36.1 Å². The summed E-state index contributed by atoms with van der Waals surface area (Å²) in [7, 11) is 0. The zero-order chi connectivity index (χ0) is 14.0. The van der Waals surface area contributed by atoms with Crippen molar-refractivity contribution in [2.24, 2.45) is 0 Å². The Balaban J connectivity index is 2.29. The average Bonchev–Trinajstić information content (AvgIpc) is 2.81. The number of ether oxygens (including phenoxy) is 2. The molecule has 5 heteroatoms. The summed E-state index contributed by atoms with van der Waals surface area (Å²) in [4.78, 5) is 10.7. The third kappa shape index (κ3) is 3.15. The predicted molar refractivity (Wildman–Crippen MR) is 75.2 cm³/mol. The molecule has 4 nitrogen and oxygen atoms in total. The van der Waals surface area contributed by atoms with Crippen LogP contribution in [0.25, 0.3) is 0 Å². The SMILES string of the molecule is CC(C)c1cc2c(cc1C(C)SCC(=O)O)OCO2. The van der Waals surface area contributed by atoms with Gasteiger partial charge in [-0.1, -0.05) is 13.8 Å². The topological polar surface area (TPSA) is 55.8 Å². The highest BCUT2D eigenvalue weighted by Crippen LogP contribution is 2.42. The fourth-order valence-corrected chi connectivity index (χ4v) is 2.89. The number of rotatable bonds is 5. The highest BCUT2D eigenvalue weighted by Gasteiger charge is 2.22. The second-order valence-electron chi connectivity index (χ2n) is 4.84. The van der Waals surface area contributed by atoms with E-state index in [2.05, 4.69) is 13.8 Å². The van der Waals surface area contributed by atoms with Gasteiger partial charge in [0.05, 0.1) is 5.75 Å². The lowest BCUT2D eigenvalue weighted by Gasteiger charge is -2.18. The molecule has 0 fully saturated rings. The molecule has 1 heterocycles. The molecule has 19 heavy (non-hydrogen) atoms. The Labute approximate surface area is 117 Å². The molecule has 1 unspecified atom stereocenters. The van der Waals surface area contributed by atoms with Gasteiger partial charge in [0, 0.05) is 5.25 Å². The van der Waals surface area contributed by atoms with Crippen molar-refractivity contribution in [3.8, 4) is 11.5 Å². The molecular formula is C14H18O4S. The van der Waals surface area contributed by atoms with Crippen LogP contribution in [0.2, 0.25) is 0 Å². The zero-order valence-corrected chi connectivity index (χ0v) is 12.1. The van der Waals surface area contributed by atoms with Crippen LogP contribution in [0.4, 0.5) is 0 Å². The van der Waals surface area contributed by atoms with E-state index in [1.807, 2.05) is 19.1 Å². The molecule has 1 atom stereocenters. The molecule has 0 saturated heterocycles. The van der Waals surface area contributed by atoms with Gasteiger partial charge in [-0.25, -0.2) is 0 Å².